The van der Waals surface area contributed by atoms with Crippen LogP contribution in [0.2, 0.25) is 0 Å². The molecular weight excluding hydrogens is 472 g/mol. The largest absolute Gasteiger partial charge is 0.497 e. The highest BCUT2D eigenvalue weighted by molar-refractivity contribution is 7.90. The van der Waals surface area contributed by atoms with Crippen molar-refractivity contribution in [1.82, 2.24) is 10.2 Å². The molecule has 10 heteroatoms. The average Bonchev–Trinajstić information content (AvgIpc) is 2.86. The van der Waals surface area contributed by atoms with E-state index in [1.165, 1.54) is 31.4 Å². The second kappa shape index (κ2) is 12.1. The number of hydroxylamine groups is 1. The van der Waals surface area contributed by atoms with Gasteiger partial charge in [0, 0.05) is 0 Å². The number of carbonyl (C=O) groups excluding carboxylic acids is 1. The van der Waals surface area contributed by atoms with Crippen molar-refractivity contribution in [2.75, 3.05) is 7.11 Å². The molecule has 1 unspecified atom stereocenters. The molecule has 0 saturated heterocycles. The lowest BCUT2D eigenvalue weighted by molar-refractivity contribution is -0.150. The van der Waals surface area contributed by atoms with Gasteiger partial charge in [0.05, 0.1) is 24.5 Å². The molecule has 3 aromatic carbocycles. The maximum atomic E-state index is 13.2. The fourth-order valence-corrected chi connectivity index (χ4v) is 4.37. The number of benzene rings is 3. The van der Waals surface area contributed by atoms with E-state index < -0.39 is 33.9 Å². The van der Waals surface area contributed by atoms with Gasteiger partial charge < -0.3 is 9.84 Å². The molecule has 0 aliphatic rings. The Kier molecular flexibility index (Phi) is 8.96. The molecule has 35 heavy (non-hydrogen) atoms. The van der Waals surface area contributed by atoms with Crippen LogP contribution in [0.15, 0.2) is 89.8 Å². The van der Waals surface area contributed by atoms with E-state index >= 15 is 0 Å². The second-order valence-corrected chi connectivity index (χ2v) is 9.33. The van der Waals surface area contributed by atoms with Crippen molar-refractivity contribution in [3.63, 3.8) is 0 Å². The zero-order chi connectivity index (χ0) is 25.3. The monoisotopic (exact) mass is 498 g/mol. The van der Waals surface area contributed by atoms with Gasteiger partial charge in [0.15, 0.2) is 0 Å². The number of carbonyl (C=O) groups is 2. The molecule has 9 nitrogen and oxygen atoms in total. The SMILES string of the molecule is COc1ccc(S(=O)(=O)NC(=O)C(Cc2ccccc2)[C@H](NOCc2ccccc2)C(=O)O)cc1. The van der Waals surface area contributed by atoms with Gasteiger partial charge in [-0.1, -0.05) is 60.7 Å². The number of aliphatic carboxylic acids is 1. The van der Waals surface area contributed by atoms with E-state index in [4.69, 9.17) is 9.57 Å². The molecule has 0 bridgehead atoms. The highest BCUT2D eigenvalue weighted by Gasteiger charge is 2.36. The van der Waals surface area contributed by atoms with Crippen LogP contribution in [0, 0.1) is 5.92 Å². The van der Waals surface area contributed by atoms with Crippen LogP contribution in [0.4, 0.5) is 0 Å². The van der Waals surface area contributed by atoms with Gasteiger partial charge in [0.1, 0.15) is 11.8 Å². The van der Waals surface area contributed by atoms with Gasteiger partial charge >= 0.3 is 5.97 Å². The number of carboxylic acid groups (broad SMARTS) is 1. The highest BCUT2D eigenvalue weighted by atomic mass is 32.2. The molecule has 0 fully saturated rings. The fourth-order valence-electron chi connectivity index (χ4n) is 3.35. The molecule has 1 amide bonds. The van der Waals surface area contributed by atoms with Crippen LogP contribution in [-0.2, 0) is 37.5 Å². The Morgan fingerprint density at radius 1 is 0.886 bits per heavy atom. The van der Waals surface area contributed by atoms with Crippen LogP contribution in [0.1, 0.15) is 11.1 Å². The van der Waals surface area contributed by atoms with Crippen molar-refractivity contribution in [2.45, 2.75) is 24.0 Å². The van der Waals surface area contributed by atoms with Crippen LogP contribution in [0.3, 0.4) is 0 Å². The van der Waals surface area contributed by atoms with Crippen molar-refractivity contribution in [3.8, 4) is 5.75 Å². The Balaban J connectivity index is 1.81. The van der Waals surface area contributed by atoms with E-state index in [-0.39, 0.29) is 17.9 Å². The van der Waals surface area contributed by atoms with Crippen molar-refractivity contribution in [1.29, 1.82) is 0 Å². The molecule has 0 heterocycles. The minimum absolute atomic E-state index is 0.0382. The summed E-state index contributed by atoms with van der Waals surface area (Å²) in [7, 11) is -2.82. The number of ether oxygens (including phenoxy) is 1. The van der Waals surface area contributed by atoms with E-state index in [9.17, 15) is 23.1 Å². The molecular formula is C25H26N2O7S. The van der Waals surface area contributed by atoms with Crippen molar-refractivity contribution >= 4 is 21.9 Å². The average molecular weight is 499 g/mol. The number of amides is 1. The smallest absolute Gasteiger partial charge is 0.323 e. The summed E-state index contributed by atoms with van der Waals surface area (Å²) < 4.78 is 32.7. The van der Waals surface area contributed by atoms with Crippen LogP contribution >= 0.6 is 0 Å². The van der Waals surface area contributed by atoms with Crippen LogP contribution in [0.25, 0.3) is 0 Å². The highest BCUT2D eigenvalue weighted by Crippen LogP contribution is 2.18. The topological polar surface area (TPSA) is 131 Å². The maximum absolute atomic E-state index is 13.2. The minimum atomic E-state index is -4.26. The predicted molar refractivity (Wildman–Crippen MR) is 128 cm³/mol. The summed E-state index contributed by atoms with van der Waals surface area (Å²) in [5, 5.41) is 9.85. The molecule has 2 atom stereocenters. The molecule has 0 aliphatic carbocycles. The molecule has 3 rings (SSSR count). The summed E-state index contributed by atoms with van der Waals surface area (Å²) >= 11 is 0. The molecule has 184 valence electrons. The van der Waals surface area contributed by atoms with Crippen LogP contribution in [0.5, 0.6) is 5.75 Å². The summed E-state index contributed by atoms with van der Waals surface area (Å²) in [5.41, 5.74) is 3.88. The lowest BCUT2D eigenvalue weighted by Crippen LogP contribution is -2.51. The lowest BCUT2D eigenvalue weighted by Gasteiger charge is -2.24. The maximum Gasteiger partial charge on any atom is 0.323 e. The first-order chi connectivity index (χ1) is 16.8. The standard InChI is InChI=1S/C25H26N2O7S/c1-33-20-12-14-21(15-13-20)35(31,32)27-24(28)22(16-18-8-4-2-5-9-18)23(25(29)30)26-34-17-19-10-6-3-7-11-19/h2-15,22-23,26H,16-17H2,1H3,(H,27,28)(H,29,30)/t22?,23-/m0/s1. The number of sulfonamides is 1. The second-order valence-electron chi connectivity index (χ2n) is 7.65. The van der Waals surface area contributed by atoms with E-state index in [1.54, 1.807) is 42.5 Å². The predicted octanol–water partition coefficient (Wildman–Crippen LogP) is 2.53. The van der Waals surface area contributed by atoms with E-state index in [0.29, 0.717) is 11.3 Å². The van der Waals surface area contributed by atoms with Crippen LogP contribution < -0.4 is 14.9 Å². The van der Waals surface area contributed by atoms with Gasteiger partial charge in [-0.2, -0.15) is 5.48 Å². The van der Waals surface area contributed by atoms with Gasteiger partial charge in [-0.05, 0) is 41.8 Å². The first-order valence-electron chi connectivity index (χ1n) is 10.7. The first-order valence-corrected chi connectivity index (χ1v) is 12.2. The number of rotatable bonds is 12. The minimum Gasteiger partial charge on any atom is -0.497 e. The van der Waals surface area contributed by atoms with Crippen LogP contribution in [-0.4, -0.2) is 38.6 Å². The Labute approximate surface area is 203 Å². The zero-order valence-electron chi connectivity index (χ0n) is 19.0. The fraction of sp³-hybridized carbons (Fsp3) is 0.200. The summed E-state index contributed by atoms with van der Waals surface area (Å²) in [6.45, 7) is 0.0500. The van der Waals surface area contributed by atoms with Crippen molar-refractivity contribution in [2.24, 2.45) is 5.92 Å². The number of hydrogen-bond acceptors (Lipinski definition) is 7. The molecule has 0 aromatic heterocycles. The number of carboxylic acids is 1. The van der Waals surface area contributed by atoms with E-state index in [1.807, 2.05) is 22.9 Å². The molecule has 0 saturated carbocycles. The molecule has 0 aliphatic heterocycles. The number of hydrogen-bond donors (Lipinski definition) is 3. The number of methoxy groups -OCH3 is 1. The van der Waals surface area contributed by atoms with Gasteiger partial charge in [-0.15, -0.1) is 0 Å². The van der Waals surface area contributed by atoms with Crippen molar-refractivity contribution in [3.05, 3.63) is 96.1 Å². The number of nitrogens with one attached hydrogen (secondary N) is 2. The van der Waals surface area contributed by atoms with Crippen molar-refractivity contribution < 1.29 is 32.7 Å². The summed E-state index contributed by atoms with van der Waals surface area (Å²) in [6.07, 6.45) is -0.0382. The third-order valence-electron chi connectivity index (χ3n) is 5.20. The zero-order valence-corrected chi connectivity index (χ0v) is 19.8. The third-order valence-corrected chi connectivity index (χ3v) is 6.56. The summed E-state index contributed by atoms with van der Waals surface area (Å²) in [6, 6.07) is 21.7. The Hall–Kier alpha value is -3.73. The molecule has 3 N–H and O–H groups in total. The van der Waals surface area contributed by atoms with Gasteiger partial charge in [-0.25, -0.2) is 13.1 Å². The Bertz CT molecular complexity index is 1220. The molecule has 0 radical (unpaired) electrons. The molecule has 0 spiro atoms. The van der Waals surface area contributed by atoms with Gasteiger partial charge in [0.2, 0.25) is 5.91 Å². The molecule has 3 aromatic rings. The van der Waals surface area contributed by atoms with E-state index in [2.05, 4.69) is 5.48 Å². The third kappa shape index (κ3) is 7.38. The normalized spacial score (nSPS) is 12.9. The van der Waals surface area contributed by atoms with Gasteiger partial charge in [0.25, 0.3) is 10.0 Å². The Morgan fingerprint density at radius 2 is 1.46 bits per heavy atom. The van der Waals surface area contributed by atoms with Gasteiger partial charge in [-0.3, -0.25) is 14.4 Å². The summed E-state index contributed by atoms with van der Waals surface area (Å²) in [4.78, 5) is 30.5. The quantitative estimate of drug-likeness (QED) is 0.325. The summed E-state index contributed by atoms with van der Waals surface area (Å²) in [5.74, 6) is -3.20. The first kappa shape index (κ1) is 25.9. The van der Waals surface area contributed by atoms with E-state index in [0.717, 1.165) is 5.56 Å². The lowest BCUT2D eigenvalue weighted by atomic mass is 9.92. The Morgan fingerprint density at radius 3 is 2.00 bits per heavy atom.